The molecule has 1 aromatic carbocycles. The van der Waals surface area contributed by atoms with Crippen molar-refractivity contribution in [3.63, 3.8) is 0 Å². The Hall–Kier alpha value is -1.88. The van der Waals surface area contributed by atoms with Crippen molar-refractivity contribution in [2.24, 2.45) is 5.41 Å². The van der Waals surface area contributed by atoms with Crippen LogP contribution in [0.1, 0.15) is 50.5 Å². The number of hydrogen-bond donors (Lipinski definition) is 1. The summed E-state index contributed by atoms with van der Waals surface area (Å²) in [7, 11) is 6.01. The maximum Gasteiger partial charge on any atom is 0.223 e. The van der Waals surface area contributed by atoms with Crippen LogP contribution >= 0.6 is 0 Å². The van der Waals surface area contributed by atoms with Gasteiger partial charge in [0.25, 0.3) is 0 Å². The van der Waals surface area contributed by atoms with Gasteiger partial charge in [-0.05, 0) is 57.2 Å². The molecule has 5 heteroatoms. The number of amides is 2. The van der Waals surface area contributed by atoms with Crippen LogP contribution in [-0.2, 0) is 15.1 Å². The Kier molecular flexibility index (Phi) is 5.89. The molecule has 0 atom stereocenters. The van der Waals surface area contributed by atoms with Crippen molar-refractivity contribution in [2.75, 3.05) is 34.2 Å². The number of carbonyl (C=O) groups excluding carboxylic acids is 2. The van der Waals surface area contributed by atoms with E-state index in [-0.39, 0.29) is 22.8 Å². The highest BCUT2D eigenvalue weighted by atomic mass is 16.2. The second-order valence-electron chi connectivity index (χ2n) is 8.56. The van der Waals surface area contributed by atoms with Crippen molar-refractivity contribution in [2.45, 2.75) is 50.5 Å². The lowest BCUT2D eigenvalue weighted by Gasteiger charge is -2.48. The molecule has 0 radical (unpaired) electrons. The van der Waals surface area contributed by atoms with Gasteiger partial charge in [-0.25, -0.2) is 0 Å². The summed E-state index contributed by atoms with van der Waals surface area (Å²) < 4.78 is 0. The van der Waals surface area contributed by atoms with Crippen LogP contribution < -0.4 is 5.32 Å². The highest BCUT2D eigenvalue weighted by Crippen LogP contribution is 2.52. The van der Waals surface area contributed by atoms with E-state index in [1.165, 1.54) is 5.56 Å². The zero-order valence-electron chi connectivity index (χ0n) is 17.0. The summed E-state index contributed by atoms with van der Waals surface area (Å²) in [5, 5.41) is 2.65. The Labute approximate surface area is 163 Å². The average molecular weight is 372 g/mol. The fraction of sp³-hybridized carbons (Fsp3) is 0.636. The fourth-order valence-corrected chi connectivity index (χ4v) is 5.01. The van der Waals surface area contributed by atoms with Crippen molar-refractivity contribution in [1.82, 2.24) is 15.1 Å². The molecule has 2 amide bonds. The Morgan fingerprint density at radius 2 is 1.81 bits per heavy atom. The average Bonchev–Trinajstić information content (AvgIpc) is 2.98. The summed E-state index contributed by atoms with van der Waals surface area (Å²) in [6.07, 6.45) is 6.24. The van der Waals surface area contributed by atoms with Gasteiger partial charge in [-0.3, -0.25) is 14.5 Å². The monoisotopic (exact) mass is 371 g/mol. The smallest absolute Gasteiger partial charge is 0.223 e. The van der Waals surface area contributed by atoms with E-state index in [0.29, 0.717) is 19.4 Å². The Morgan fingerprint density at radius 3 is 2.41 bits per heavy atom. The lowest BCUT2D eigenvalue weighted by Crippen LogP contribution is -2.47. The maximum absolute atomic E-state index is 12.6. The SMILES string of the molecule is CNC(=O)CCCN1C[C@]2(CC[C@](c3ccccc3)(N(C)C)CC2)CC1=O. The van der Waals surface area contributed by atoms with Gasteiger partial charge in [-0.2, -0.15) is 0 Å². The van der Waals surface area contributed by atoms with Gasteiger partial charge in [-0.1, -0.05) is 30.3 Å². The molecule has 0 bridgehead atoms. The molecule has 1 N–H and O–H groups in total. The van der Waals surface area contributed by atoms with Crippen molar-refractivity contribution in [3.05, 3.63) is 35.9 Å². The molecule has 0 aromatic heterocycles. The molecule has 1 aliphatic heterocycles. The molecule has 2 fully saturated rings. The number of benzene rings is 1. The second-order valence-corrected chi connectivity index (χ2v) is 8.56. The minimum absolute atomic E-state index is 0.0488. The van der Waals surface area contributed by atoms with Crippen LogP contribution in [0.3, 0.4) is 0 Å². The van der Waals surface area contributed by atoms with Crippen LogP contribution in [0.2, 0.25) is 0 Å². The van der Waals surface area contributed by atoms with Gasteiger partial charge < -0.3 is 10.2 Å². The normalized spacial score (nSPS) is 28.1. The van der Waals surface area contributed by atoms with Crippen molar-refractivity contribution >= 4 is 11.8 Å². The zero-order valence-corrected chi connectivity index (χ0v) is 17.0. The maximum atomic E-state index is 12.6. The zero-order chi connectivity index (χ0) is 19.5. The summed E-state index contributed by atoms with van der Waals surface area (Å²) in [6, 6.07) is 10.8. The molecule has 1 heterocycles. The van der Waals surface area contributed by atoms with Crippen LogP contribution in [0.4, 0.5) is 0 Å². The first-order valence-electron chi connectivity index (χ1n) is 10.1. The topological polar surface area (TPSA) is 52.7 Å². The predicted octanol–water partition coefficient (Wildman–Crippen LogP) is 2.76. The number of hydrogen-bond acceptors (Lipinski definition) is 3. The van der Waals surface area contributed by atoms with Crippen molar-refractivity contribution < 1.29 is 9.59 Å². The highest BCUT2D eigenvalue weighted by Gasteiger charge is 2.49. The summed E-state index contributed by atoms with van der Waals surface area (Å²) in [4.78, 5) is 28.3. The van der Waals surface area contributed by atoms with E-state index in [4.69, 9.17) is 0 Å². The van der Waals surface area contributed by atoms with Gasteiger partial charge in [0.1, 0.15) is 0 Å². The summed E-state index contributed by atoms with van der Waals surface area (Å²) in [6.45, 7) is 1.56. The molecule has 2 aliphatic rings. The lowest BCUT2D eigenvalue weighted by molar-refractivity contribution is -0.128. The second kappa shape index (κ2) is 8.01. The largest absolute Gasteiger partial charge is 0.359 e. The van der Waals surface area contributed by atoms with Gasteiger partial charge in [0.05, 0.1) is 0 Å². The van der Waals surface area contributed by atoms with Gasteiger partial charge in [0.15, 0.2) is 0 Å². The molecule has 1 spiro atoms. The third-order valence-corrected chi connectivity index (χ3v) is 6.82. The highest BCUT2D eigenvalue weighted by molar-refractivity contribution is 5.79. The molecule has 3 rings (SSSR count). The lowest BCUT2D eigenvalue weighted by atomic mass is 9.64. The number of nitrogens with one attached hydrogen (secondary N) is 1. The fourth-order valence-electron chi connectivity index (χ4n) is 5.01. The Morgan fingerprint density at radius 1 is 1.15 bits per heavy atom. The van der Waals surface area contributed by atoms with Crippen LogP contribution in [0.15, 0.2) is 30.3 Å². The summed E-state index contributed by atoms with van der Waals surface area (Å²) >= 11 is 0. The van der Waals surface area contributed by atoms with Crippen LogP contribution in [-0.4, -0.2) is 55.8 Å². The number of nitrogens with zero attached hydrogens (tertiary/aromatic N) is 2. The Bertz CT molecular complexity index is 663. The minimum atomic E-state index is 0.0488. The third kappa shape index (κ3) is 4.03. The first-order valence-corrected chi connectivity index (χ1v) is 10.1. The van der Waals surface area contributed by atoms with E-state index in [0.717, 1.165) is 38.6 Å². The van der Waals surface area contributed by atoms with Gasteiger partial charge in [-0.15, -0.1) is 0 Å². The van der Waals surface area contributed by atoms with E-state index in [1.54, 1.807) is 7.05 Å². The van der Waals surface area contributed by atoms with Crippen molar-refractivity contribution in [3.8, 4) is 0 Å². The predicted molar refractivity (Wildman–Crippen MR) is 107 cm³/mol. The van der Waals surface area contributed by atoms with Crippen molar-refractivity contribution in [1.29, 1.82) is 0 Å². The van der Waals surface area contributed by atoms with Crippen LogP contribution in [0.25, 0.3) is 0 Å². The van der Waals surface area contributed by atoms with Gasteiger partial charge in [0.2, 0.25) is 11.8 Å². The molecule has 1 aliphatic carbocycles. The Balaban J connectivity index is 1.64. The van der Waals surface area contributed by atoms with E-state index in [2.05, 4.69) is 54.6 Å². The molecule has 0 unspecified atom stereocenters. The van der Waals surface area contributed by atoms with Gasteiger partial charge >= 0.3 is 0 Å². The molecule has 5 nitrogen and oxygen atoms in total. The number of carbonyl (C=O) groups is 2. The van der Waals surface area contributed by atoms with Gasteiger partial charge in [0, 0.05) is 38.5 Å². The van der Waals surface area contributed by atoms with E-state index < -0.39 is 0 Å². The molecular weight excluding hydrogens is 338 g/mol. The molecule has 148 valence electrons. The van der Waals surface area contributed by atoms with E-state index >= 15 is 0 Å². The molecule has 1 saturated carbocycles. The van der Waals surface area contributed by atoms with Crippen LogP contribution in [0.5, 0.6) is 0 Å². The van der Waals surface area contributed by atoms with Crippen LogP contribution in [0, 0.1) is 5.41 Å². The molecule has 1 aromatic rings. The summed E-state index contributed by atoms with van der Waals surface area (Å²) in [5.41, 5.74) is 1.58. The molecular formula is C22H33N3O2. The van der Waals surface area contributed by atoms with E-state index in [1.807, 2.05) is 4.90 Å². The first kappa shape index (κ1) is 19.9. The van der Waals surface area contributed by atoms with E-state index in [9.17, 15) is 9.59 Å². The quantitative estimate of drug-likeness (QED) is 0.837. The standard InChI is InChI=1S/C22H33N3O2/c1-23-19(26)10-7-15-25-17-21(16-20(25)27)11-13-22(14-12-21,24(2)3)18-8-5-4-6-9-18/h4-6,8-9H,7,10-17H2,1-3H3,(H,23,26)/t21-,22-. The number of likely N-dealkylation sites (tertiary alicyclic amines) is 1. The summed E-state index contributed by atoms with van der Waals surface area (Å²) in [5.74, 6) is 0.316. The molecule has 27 heavy (non-hydrogen) atoms. The third-order valence-electron chi connectivity index (χ3n) is 6.82. The minimum Gasteiger partial charge on any atom is -0.359 e. The number of rotatable bonds is 6. The first-order chi connectivity index (χ1) is 12.9. The molecule has 1 saturated heterocycles.